The van der Waals surface area contributed by atoms with Crippen molar-refractivity contribution in [2.75, 3.05) is 26.4 Å². The molecule has 208 valence electrons. The van der Waals surface area contributed by atoms with Gasteiger partial charge in [-0.1, -0.05) is 54.1 Å². The van der Waals surface area contributed by atoms with E-state index in [2.05, 4.69) is 14.9 Å². The monoisotopic (exact) mass is 557 g/mol. The standard InChI is InChI=1S/C32H35N3O4S/c1-22-19-23(2)31(24(3)20-22)39-32-27(16-17-28(34-32)25-11-7-6-8-12-25)29(36)21-40(37,38)30-15-9-13-26(33-30)14-10-18-35(4)5/h6-9,11-13,15-17,19-20H,10,14,18,21H2,1-5H3. The van der Waals surface area contributed by atoms with E-state index in [4.69, 9.17) is 4.74 Å². The van der Waals surface area contributed by atoms with Crippen LogP contribution in [0.2, 0.25) is 0 Å². The number of benzene rings is 2. The number of carbonyl (C=O) groups is 1. The van der Waals surface area contributed by atoms with Crippen LogP contribution in [0.4, 0.5) is 0 Å². The average molecular weight is 558 g/mol. The molecule has 0 spiro atoms. The van der Waals surface area contributed by atoms with Crippen LogP contribution in [0.15, 0.2) is 77.8 Å². The number of pyridine rings is 2. The first-order valence-electron chi connectivity index (χ1n) is 13.2. The maximum atomic E-state index is 13.5. The predicted molar refractivity (Wildman–Crippen MR) is 158 cm³/mol. The third kappa shape index (κ3) is 7.20. The summed E-state index contributed by atoms with van der Waals surface area (Å²) in [7, 11) is -0.0264. The fourth-order valence-electron chi connectivity index (χ4n) is 4.60. The van der Waals surface area contributed by atoms with E-state index < -0.39 is 21.4 Å². The van der Waals surface area contributed by atoms with Gasteiger partial charge in [-0.2, -0.15) is 0 Å². The lowest BCUT2D eigenvalue weighted by Gasteiger charge is -2.16. The fourth-order valence-corrected chi connectivity index (χ4v) is 5.79. The van der Waals surface area contributed by atoms with E-state index in [9.17, 15) is 13.2 Å². The van der Waals surface area contributed by atoms with Gasteiger partial charge in [0, 0.05) is 11.3 Å². The number of hydrogen-bond acceptors (Lipinski definition) is 7. The Kier molecular flexibility index (Phi) is 9.12. The smallest absolute Gasteiger partial charge is 0.230 e. The van der Waals surface area contributed by atoms with Gasteiger partial charge in [0.15, 0.2) is 10.8 Å². The zero-order valence-corrected chi connectivity index (χ0v) is 24.5. The van der Waals surface area contributed by atoms with Crippen molar-refractivity contribution in [2.24, 2.45) is 0 Å². The zero-order chi connectivity index (χ0) is 28.9. The van der Waals surface area contributed by atoms with Crippen molar-refractivity contribution in [2.45, 2.75) is 38.6 Å². The molecule has 40 heavy (non-hydrogen) atoms. The Balaban J connectivity index is 1.66. The number of nitrogens with zero attached hydrogens (tertiary/aromatic N) is 3. The van der Waals surface area contributed by atoms with E-state index in [1.807, 2.05) is 77.3 Å². The Morgan fingerprint density at radius 2 is 1.57 bits per heavy atom. The molecule has 0 saturated carbocycles. The molecule has 2 aromatic heterocycles. The molecule has 0 radical (unpaired) electrons. The summed E-state index contributed by atoms with van der Waals surface area (Å²) < 4.78 is 32.9. The van der Waals surface area contributed by atoms with Gasteiger partial charge in [-0.15, -0.1) is 0 Å². The van der Waals surface area contributed by atoms with Crippen molar-refractivity contribution in [3.8, 4) is 22.9 Å². The molecule has 0 N–H and O–H groups in total. The second-order valence-corrected chi connectivity index (χ2v) is 12.2. The molecule has 4 rings (SSSR count). The minimum absolute atomic E-state index is 0.0713. The van der Waals surface area contributed by atoms with Gasteiger partial charge in [0.1, 0.15) is 11.5 Å². The lowest BCUT2D eigenvalue weighted by Crippen LogP contribution is -2.19. The van der Waals surface area contributed by atoms with E-state index >= 15 is 0 Å². The molecule has 0 bridgehead atoms. The lowest BCUT2D eigenvalue weighted by molar-refractivity contribution is 0.101. The van der Waals surface area contributed by atoms with E-state index in [0.717, 1.165) is 35.2 Å². The second-order valence-electron chi connectivity index (χ2n) is 10.3. The Hall–Kier alpha value is -3.88. The first-order chi connectivity index (χ1) is 19.0. The van der Waals surface area contributed by atoms with Crippen LogP contribution >= 0.6 is 0 Å². The van der Waals surface area contributed by atoms with E-state index in [-0.39, 0.29) is 16.5 Å². The molecule has 8 heteroatoms. The molecule has 0 amide bonds. The highest BCUT2D eigenvalue weighted by atomic mass is 32.2. The van der Waals surface area contributed by atoms with E-state index in [1.165, 1.54) is 6.07 Å². The number of Topliss-reactive ketones (excluding diaryl/α,β-unsaturated/α-hetero) is 1. The second kappa shape index (κ2) is 12.5. The number of carbonyl (C=O) groups excluding carboxylic acids is 1. The van der Waals surface area contributed by atoms with Gasteiger partial charge in [0.05, 0.1) is 11.3 Å². The lowest BCUT2D eigenvalue weighted by atomic mass is 10.1. The zero-order valence-electron chi connectivity index (χ0n) is 23.6. The van der Waals surface area contributed by atoms with Crippen molar-refractivity contribution in [1.82, 2.24) is 14.9 Å². The molecule has 0 aliphatic carbocycles. The van der Waals surface area contributed by atoms with Crippen molar-refractivity contribution in [3.63, 3.8) is 0 Å². The molecule has 0 saturated heterocycles. The van der Waals surface area contributed by atoms with Crippen LogP contribution in [0.3, 0.4) is 0 Å². The van der Waals surface area contributed by atoms with E-state index in [1.54, 1.807) is 24.3 Å². The third-order valence-corrected chi connectivity index (χ3v) is 8.00. The molecule has 7 nitrogen and oxygen atoms in total. The summed E-state index contributed by atoms with van der Waals surface area (Å²) in [6, 6.07) is 21.7. The summed E-state index contributed by atoms with van der Waals surface area (Å²) in [4.78, 5) is 24.6. The Morgan fingerprint density at radius 1 is 0.875 bits per heavy atom. The average Bonchev–Trinajstić information content (AvgIpc) is 2.91. The van der Waals surface area contributed by atoms with Crippen LogP contribution in [-0.4, -0.2) is 55.5 Å². The molecular formula is C32H35N3O4S. The Labute approximate surface area is 236 Å². The summed E-state index contributed by atoms with van der Waals surface area (Å²) in [5.74, 6) is -0.686. The fraction of sp³-hybridized carbons (Fsp3) is 0.281. The molecule has 4 aromatic rings. The van der Waals surface area contributed by atoms with Gasteiger partial charge in [0.25, 0.3) is 0 Å². The number of aromatic nitrogens is 2. The van der Waals surface area contributed by atoms with Crippen LogP contribution < -0.4 is 4.74 Å². The number of ether oxygens (including phenoxy) is 1. The molecule has 2 heterocycles. The summed E-state index contributed by atoms with van der Waals surface area (Å²) >= 11 is 0. The Morgan fingerprint density at radius 3 is 2.25 bits per heavy atom. The number of ketones is 1. The van der Waals surface area contributed by atoms with Crippen LogP contribution in [0, 0.1) is 20.8 Å². The number of hydrogen-bond donors (Lipinski definition) is 0. The van der Waals surface area contributed by atoms with Gasteiger partial charge in [-0.25, -0.2) is 18.4 Å². The van der Waals surface area contributed by atoms with Crippen LogP contribution in [0.1, 0.15) is 39.2 Å². The normalized spacial score (nSPS) is 11.6. The first-order valence-corrected chi connectivity index (χ1v) is 14.9. The first kappa shape index (κ1) is 29.1. The molecule has 2 aromatic carbocycles. The summed E-state index contributed by atoms with van der Waals surface area (Å²) in [5, 5.41) is -0.107. The van der Waals surface area contributed by atoms with Crippen LogP contribution in [0.5, 0.6) is 11.6 Å². The third-order valence-electron chi connectivity index (χ3n) is 6.49. The topological polar surface area (TPSA) is 89.5 Å². The molecule has 0 aliphatic rings. The summed E-state index contributed by atoms with van der Waals surface area (Å²) in [5.41, 5.74) is 5.13. The van der Waals surface area contributed by atoms with Gasteiger partial charge in [-0.3, -0.25) is 4.79 Å². The number of sulfone groups is 1. The van der Waals surface area contributed by atoms with Crippen molar-refractivity contribution in [3.05, 3.63) is 101 Å². The minimum atomic E-state index is -4.00. The maximum absolute atomic E-state index is 13.5. The van der Waals surface area contributed by atoms with Crippen molar-refractivity contribution in [1.29, 1.82) is 0 Å². The van der Waals surface area contributed by atoms with Gasteiger partial charge in [-0.05, 0) is 89.6 Å². The number of rotatable bonds is 11. The van der Waals surface area contributed by atoms with E-state index in [0.29, 0.717) is 23.6 Å². The SMILES string of the molecule is Cc1cc(C)c(Oc2nc(-c3ccccc3)ccc2C(=O)CS(=O)(=O)c2cccc(CCCN(C)C)n2)c(C)c1. The molecular weight excluding hydrogens is 522 g/mol. The number of aryl methyl sites for hydroxylation is 4. The highest BCUT2D eigenvalue weighted by molar-refractivity contribution is 7.92. The van der Waals surface area contributed by atoms with Crippen molar-refractivity contribution >= 4 is 15.6 Å². The van der Waals surface area contributed by atoms with Gasteiger partial charge < -0.3 is 9.64 Å². The summed E-state index contributed by atoms with van der Waals surface area (Å²) in [6.45, 7) is 6.73. The predicted octanol–water partition coefficient (Wildman–Crippen LogP) is 6.01. The minimum Gasteiger partial charge on any atom is -0.438 e. The highest BCUT2D eigenvalue weighted by Crippen LogP contribution is 2.33. The quantitative estimate of drug-likeness (QED) is 0.209. The highest BCUT2D eigenvalue weighted by Gasteiger charge is 2.26. The largest absolute Gasteiger partial charge is 0.438 e. The van der Waals surface area contributed by atoms with Crippen molar-refractivity contribution < 1.29 is 17.9 Å². The van der Waals surface area contributed by atoms with Gasteiger partial charge in [0.2, 0.25) is 15.7 Å². The molecule has 0 atom stereocenters. The summed E-state index contributed by atoms with van der Waals surface area (Å²) in [6.07, 6.45) is 1.49. The molecule has 0 aliphatic heterocycles. The van der Waals surface area contributed by atoms with Crippen LogP contribution in [0.25, 0.3) is 11.3 Å². The van der Waals surface area contributed by atoms with Gasteiger partial charge >= 0.3 is 0 Å². The molecule has 0 unspecified atom stereocenters. The van der Waals surface area contributed by atoms with Crippen LogP contribution in [-0.2, 0) is 16.3 Å². The Bertz CT molecular complexity index is 1590. The maximum Gasteiger partial charge on any atom is 0.230 e. The molecule has 0 fully saturated rings.